The van der Waals surface area contributed by atoms with Crippen molar-refractivity contribution in [1.82, 2.24) is 10.6 Å². The van der Waals surface area contributed by atoms with Gasteiger partial charge < -0.3 is 20.1 Å². The number of para-hydroxylation sites is 2. The Labute approximate surface area is 175 Å². The minimum atomic E-state index is -0.607. The molecule has 0 fully saturated rings. The molecular weight excluding hydrogens is 388 g/mol. The summed E-state index contributed by atoms with van der Waals surface area (Å²) in [6, 6.07) is 16.1. The van der Waals surface area contributed by atoms with Gasteiger partial charge >= 0.3 is 0 Å². The Morgan fingerprint density at radius 2 is 1.93 bits per heavy atom. The highest BCUT2D eigenvalue weighted by Crippen LogP contribution is 2.31. The molecule has 29 heavy (non-hydrogen) atoms. The molecule has 2 N–H and O–H groups in total. The minimum Gasteiger partial charge on any atom is -0.493 e. The van der Waals surface area contributed by atoms with Crippen molar-refractivity contribution >= 4 is 23.6 Å². The lowest BCUT2D eigenvalue weighted by atomic mass is 10.00. The monoisotopic (exact) mass is 414 g/mol. The molecule has 154 valence electrons. The summed E-state index contributed by atoms with van der Waals surface area (Å²) >= 11 is 1.64. The lowest BCUT2D eigenvalue weighted by molar-refractivity contribution is -0.130. The summed E-state index contributed by atoms with van der Waals surface area (Å²) in [7, 11) is 0. The van der Waals surface area contributed by atoms with E-state index in [9.17, 15) is 9.59 Å². The van der Waals surface area contributed by atoms with E-state index in [4.69, 9.17) is 9.47 Å². The van der Waals surface area contributed by atoms with Crippen LogP contribution in [0, 0.1) is 0 Å². The van der Waals surface area contributed by atoms with Gasteiger partial charge in [0.2, 0.25) is 5.91 Å². The first-order valence-corrected chi connectivity index (χ1v) is 11.0. The first-order valence-electron chi connectivity index (χ1n) is 9.65. The Kier molecular flexibility index (Phi) is 7.81. The van der Waals surface area contributed by atoms with Crippen LogP contribution in [0.25, 0.3) is 0 Å². The largest absolute Gasteiger partial charge is 0.493 e. The summed E-state index contributed by atoms with van der Waals surface area (Å²) in [5, 5.41) is 5.89. The fourth-order valence-corrected chi connectivity index (χ4v) is 3.64. The van der Waals surface area contributed by atoms with Gasteiger partial charge in [0.05, 0.1) is 12.6 Å². The number of thioether (sulfide) groups is 1. The maximum atomic E-state index is 12.9. The van der Waals surface area contributed by atoms with Crippen molar-refractivity contribution in [3.8, 4) is 11.5 Å². The molecule has 3 rings (SSSR count). The summed E-state index contributed by atoms with van der Waals surface area (Å²) < 4.78 is 11.1. The number of carbonyl (C=O) groups excluding carboxylic acids is 2. The van der Waals surface area contributed by atoms with E-state index in [0.717, 1.165) is 17.1 Å². The highest BCUT2D eigenvalue weighted by atomic mass is 32.2. The normalized spacial score (nSPS) is 16.1. The number of benzene rings is 2. The molecule has 0 unspecified atom stereocenters. The number of nitrogens with one attached hydrogen (secondary N) is 2. The third-order valence-corrected chi connectivity index (χ3v) is 5.29. The van der Waals surface area contributed by atoms with Gasteiger partial charge in [-0.05, 0) is 36.6 Å². The SMILES string of the molecule is CSCC[C@H](NC(=O)COc1ccccc1)C(=O)N[C@H]1CCOc2ccccc21. The van der Waals surface area contributed by atoms with E-state index in [1.165, 1.54) is 0 Å². The molecule has 0 spiro atoms. The van der Waals surface area contributed by atoms with Crippen molar-refractivity contribution in [2.75, 3.05) is 25.2 Å². The highest BCUT2D eigenvalue weighted by Gasteiger charge is 2.27. The summed E-state index contributed by atoms with van der Waals surface area (Å²) in [5.41, 5.74) is 0.967. The van der Waals surface area contributed by atoms with Gasteiger partial charge in [-0.2, -0.15) is 11.8 Å². The number of fused-ring (bicyclic) bond motifs is 1. The van der Waals surface area contributed by atoms with Gasteiger partial charge in [0, 0.05) is 12.0 Å². The van der Waals surface area contributed by atoms with Gasteiger partial charge in [-0.25, -0.2) is 0 Å². The van der Waals surface area contributed by atoms with Gasteiger partial charge in [-0.15, -0.1) is 0 Å². The number of rotatable bonds is 9. The van der Waals surface area contributed by atoms with Crippen LogP contribution >= 0.6 is 11.8 Å². The fraction of sp³-hybridized carbons (Fsp3) is 0.364. The first-order chi connectivity index (χ1) is 14.2. The smallest absolute Gasteiger partial charge is 0.258 e. The van der Waals surface area contributed by atoms with Crippen LogP contribution in [0.3, 0.4) is 0 Å². The third-order valence-electron chi connectivity index (χ3n) is 4.65. The maximum Gasteiger partial charge on any atom is 0.258 e. The summed E-state index contributed by atoms with van der Waals surface area (Å²) in [4.78, 5) is 25.3. The molecule has 0 aliphatic carbocycles. The van der Waals surface area contributed by atoms with Gasteiger partial charge in [-0.1, -0.05) is 36.4 Å². The second-order valence-corrected chi connectivity index (χ2v) is 7.73. The van der Waals surface area contributed by atoms with E-state index in [1.807, 2.05) is 48.7 Å². The number of amides is 2. The molecule has 0 saturated heterocycles. The zero-order chi connectivity index (χ0) is 20.5. The van der Waals surface area contributed by atoms with Crippen LogP contribution in [0.4, 0.5) is 0 Å². The Morgan fingerprint density at radius 1 is 1.17 bits per heavy atom. The molecule has 2 amide bonds. The van der Waals surface area contributed by atoms with Crippen LogP contribution in [0.5, 0.6) is 11.5 Å². The van der Waals surface area contributed by atoms with Gasteiger partial charge in [0.25, 0.3) is 5.91 Å². The predicted molar refractivity (Wildman–Crippen MR) is 114 cm³/mol. The average molecular weight is 415 g/mol. The molecule has 6 nitrogen and oxygen atoms in total. The summed E-state index contributed by atoms with van der Waals surface area (Å²) in [5.74, 6) is 1.68. The second-order valence-electron chi connectivity index (χ2n) is 6.74. The van der Waals surface area contributed by atoms with Crippen LogP contribution in [0.15, 0.2) is 54.6 Å². The zero-order valence-corrected chi connectivity index (χ0v) is 17.2. The maximum absolute atomic E-state index is 12.9. The average Bonchev–Trinajstić information content (AvgIpc) is 2.76. The van der Waals surface area contributed by atoms with Crippen molar-refractivity contribution in [2.24, 2.45) is 0 Å². The lowest BCUT2D eigenvalue weighted by Gasteiger charge is -2.28. The van der Waals surface area contributed by atoms with Crippen LogP contribution in [-0.4, -0.2) is 43.1 Å². The van der Waals surface area contributed by atoms with Gasteiger partial charge in [0.15, 0.2) is 6.61 Å². The highest BCUT2D eigenvalue weighted by molar-refractivity contribution is 7.98. The summed E-state index contributed by atoms with van der Waals surface area (Å²) in [6.45, 7) is 0.419. The quantitative estimate of drug-likeness (QED) is 0.660. The first kappa shape index (κ1) is 21.0. The molecular formula is C22H26N2O4S. The number of ether oxygens (including phenoxy) is 2. The predicted octanol–water partition coefficient (Wildman–Crippen LogP) is 2.94. The van der Waals surface area contributed by atoms with Gasteiger partial charge in [0.1, 0.15) is 17.5 Å². The van der Waals surface area contributed by atoms with Crippen molar-refractivity contribution in [3.05, 3.63) is 60.2 Å². The van der Waals surface area contributed by atoms with E-state index in [-0.39, 0.29) is 24.5 Å². The van der Waals surface area contributed by atoms with E-state index >= 15 is 0 Å². The van der Waals surface area contributed by atoms with Crippen molar-refractivity contribution < 1.29 is 19.1 Å². The molecule has 0 bridgehead atoms. The summed E-state index contributed by atoms with van der Waals surface area (Å²) in [6.07, 6.45) is 3.22. The number of hydrogen-bond donors (Lipinski definition) is 2. The fourth-order valence-electron chi connectivity index (χ4n) is 3.17. The van der Waals surface area contributed by atoms with Crippen LogP contribution < -0.4 is 20.1 Å². The molecule has 0 radical (unpaired) electrons. The minimum absolute atomic E-state index is 0.123. The Bertz CT molecular complexity index is 815. The molecule has 1 aliphatic rings. The van der Waals surface area contributed by atoms with E-state index in [2.05, 4.69) is 10.6 Å². The second kappa shape index (κ2) is 10.8. The van der Waals surface area contributed by atoms with E-state index < -0.39 is 6.04 Å². The molecule has 2 aromatic carbocycles. The number of carbonyl (C=O) groups is 2. The van der Waals surface area contributed by atoms with Crippen molar-refractivity contribution in [1.29, 1.82) is 0 Å². The Morgan fingerprint density at radius 3 is 2.72 bits per heavy atom. The van der Waals surface area contributed by atoms with Gasteiger partial charge in [-0.3, -0.25) is 9.59 Å². The Balaban J connectivity index is 1.59. The van der Waals surface area contributed by atoms with E-state index in [0.29, 0.717) is 25.2 Å². The topological polar surface area (TPSA) is 76.7 Å². The molecule has 1 heterocycles. The van der Waals surface area contributed by atoms with Crippen molar-refractivity contribution in [3.63, 3.8) is 0 Å². The number of hydrogen-bond acceptors (Lipinski definition) is 5. The lowest BCUT2D eigenvalue weighted by Crippen LogP contribution is -2.49. The standard InChI is InChI=1S/C22H26N2O4S/c1-29-14-12-19(23-21(25)15-28-16-7-3-2-4-8-16)22(26)24-18-11-13-27-20-10-6-5-9-17(18)20/h2-10,18-19H,11-15H2,1H3,(H,23,25)(H,24,26)/t18-,19-/m0/s1. The third kappa shape index (κ3) is 6.15. The molecule has 0 saturated carbocycles. The Hall–Kier alpha value is -2.67. The van der Waals surface area contributed by atoms with Crippen LogP contribution in [0.2, 0.25) is 0 Å². The molecule has 2 aromatic rings. The van der Waals surface area contributed by atoms with E-state index in [1.54, 1.807) is 23.9 Å². The van der Waals surface area contributed by atoms with Crippen LogP contribution in [0.1, 0.15) is 24.4 Å². The zero-order valence-electron chi connectivity index (χ0n) is 16.4. The van der Waals surface area contributed by atoms with Crippen molar-refractivity contribution in [2.45, 2.75) is 24.9 Å². The molecule has 1 aliphatic heterocycles. The molecule has 7 heteroatoms. The van der Waals surface area contributed by atoms with Crippen LogP contribution in [-0.2, 0) is 9.59 Å². The molecule has 2 atom stereocenters. The molecule has 0 aromatic heterocycles.